The quantitative estimate of drug-likeness (QED) is 0.741. The molecule has 2 aliphatic rings. The summed E-state index contributed by atoms with van der Waals surface area (Å²) in [5.41, 5.74) is 0.160. The molecular formula is C19H16F3N3O4S. The standard InChI is InChI=1S/C19H16F3N3O4S/c20-19(21,22)29-13-5-3-12(4-6-13)25-17(27)14-10-11(7-8-24(14)18(25)28)23-16(26)15-2-1-9-30-15/h1-6,9,11,14H,7-8,10H2,(H,23,26). The van der Waals surface area contributed by atoms with E-state index < -0.39 is 30.1 Å². The summed E-state index contributed by atoms with van der Waals surface area (Å²) in [7, 11) is 0. The van der Waals surface area contributed by atoms with E-state index in [9.17, 15) is 27.6 Å². The number of urea groups is 1. The second-order valence-corrected chi connectivity index (χ2v) is 7.83. The van der Waals surface area contributed by atoms with Crippen molar-refractivity contribution in [3.63, 3.8) is 0 Å². The maximum atomic E-state index is 12.9. The van der Waals surface area contributed by atoms with Gasteiger partial charge in [0.15, 0.2) is 0 Å². The Bertz CT molecular complexity index is 962. The van der Waals surface area contributed by atoms with Crippen molar-refractivity contribution >= 4 is 34.9 Å². The normalized spacial score (nSPS) is 21.6. The topological polar surface area (TPSA) is 79.0 Å². The van der Waals surface area contributed by atoms with Crippen LogP contribution in [0.3, 0.4) is 0 Å². The zero-order valence-electron chi connectivity index (χ0n) is 15.4. The molecule has 7 nitrogen and oxygen atoms in total. The molecule has 0 radical (unpaired) electrons. The van der Waals surface area contributed by atoms with Crippen LogP contribution in [0.25, 0.3) is 0 Å². The third-order valence-electron chi connectivity index (χ3n) is 4.95. The average Bonchev–Trinajstić information content (AvgIpc) is 3.30. The van der Waals surface area contributed by atoms with Crippen LogP contribution >= 0.6 is 11.3 Å². The van der Waals surface area contributed by atoms with Crippen LogP contribution in [-0.2, 0) is 4.79 Å². The highest BCUT2D eigenvalue weighted by Gasteiger charge is 2.48. The third kappa shape index (κ3) is 3.97. The lowest BCUT2D eigenvalue weighted by Crippen LogP contribution is -2.49. The molecule has 0 aliphatic carbocycles. The second kappa shape index (κ2) is 7.63. The fourth-order valence-corrected chi connectivity index (χ4v) is 4.26. The van der Waals surface area contributed by atoms with Crippen molar-refractivity contribution in [2.45, 2.75) is 31.3 Å². The van der Waals surface area contributed by atoms with Crippen LogP contribution in [0, 0.1) is 0 Å². The Kier molecular flexibility index (Phi) is 5.14. The fraction of sp³-hybridized carbons (Fsp3) is 0.316. The van der Waals surface area contributed by atoms with Crippen LogP contribution in [-0.4, -0.2) is 47.7 Å². The van der Waals surface area contributed by atoms with Gasteiger partial charge in [-0.2, -0.15) is 0 Å². The Balaban J connectivity index is 1.45. The van der Waals surface area contributed by atoms with Crippen LogP contribution < -0.4 is 15.0 Å². The molecule has 30 heavy (non-hydrogen) atoms. The van der Waals surface area contributed by atoms with Crippen molar-refractivity contribution in [1.29, 1.82) is 0 Å². The van der Waals surface area contributed by atoms with Gasteiger partial charge in [0.2, 0.25) is 0 Å². The van der Waals surface area contributed by atoms with E-state index in [-0.39, 0.29) is 30.6 Å². The number of hydrogen-bond donors (Lipinski definition) is 1. The van der Waals surface area contributed by atoms with E-state index in [1.165, 1.54) is 28.4 Å². The number of anilines is 1. The number of thiophene rings is 1. The summed E-state index contributed by atoms with van der Waals surface area (Å²) >= 11 is 1.31. The van der Waals surface area contributed by atoms with Gasteiger partial charge < -0.3 is 15.0 Å². The number of nitrogens with one attached hydrogen (secondary N) is 1. The Morgan fingerprint density at radius 2 is 1.90 bits per heavy atom. The zero-order valence-corrected chi connectivity index (χ0v) is 16.2. The molecule has 2 aromatic rings. The molecule has 11 heteroatoms. The molecule has 2 aliphatic heterocycles. The molecule has 0 spiro atoms. The largest absolute Gasteiger partial charge is 0.573 e. The molecule has 4 amide bonds. The first kappa shape index (κ1) is 20.2. The highest BCUT2D eigenvalue weighted by Crippen LogP contribution is 2.32. The van der Waals surface area contributed by atoms with Crippen LogP contribution in [0.4, 0.5) is 23.7 Å². The van der Waals surface area contributed by atoms with Gasteiger partial charge in [-0.3, -0.25) is 9.59 Å². The summed E-state index contributed by atoms with van der Waals surface area (Å²) in [6, 6.07) is 6.49. The Morgan fingerprint density at radius 3 is 2.53 bits per heavy atom. The van der Waals surface area contributed by atoms with Gasteiger partial charge in [-0.25, -0.2) is 9.69 Å². The number of hydrogen-bond acceptors (Lipinski definition) is 5. The predicted octanol–water partition coefficient (Wildman–Crippen LogP) is 3.38. The minimum atomic E-state index is -4.83. The number of benzene rings is 1. The van der Waals surface area contributed by atoms with Crippen molar-refractivity contribution in [2.24, 2.45) is 0 Å². The van der Waals surface area contributed by atoms with E-state index in [0.29, 0.717) is 11.3 Å². The number of ether oxygens (including phenoxy) is 1. The van der Waals surface area contributed by atoms with Crippen LogP contribution in [0.2, 0.25) is 0 Å². The summed E-state index contributed by atoms with van der Waals surface area (Å²) in [6.45, 7) is 0.288. The second-order valence-electron chi connectivity index (χ2n) is 6.88. The van der Waals surface area contributed by atoms with Gasteiger partial charge in [0.05, 0.1) is 10.6 Å². The minimum absolute atomic E-state index is 0.160. The molecule has 0 bridgehead atoms. The molecular weight excluding hydrogens is 423 g/mol. The first-order chi connectivity index (χ1) is 14.2. The monoisotopic (exact) mass is 439 g/mol. The molecule has 0 saturated carbocycles. The molecule has 2 saturated heterocycles. The van der Waals surface area contributed by atoms with Gasteiger partial charge >= 0.3 is 12.4 Å². The predicted molar refractivity (Wildman–Crippen MR) is 101 cm³/mol. The van der Waals surface area contributed by atoms with E-state index in [1.807, 2.05) is 0 Å². The third-order valence-corrected chi connectivity index (χ3v) is 5.82. The minimum Gasteiger partial charge on any atom is -0.406 e. The van der Waals surface area contributed by atoms with Crippen LogP contribution in [0.5, 0.6) is 5.75 Å². The van der Waals surface area contributed by atoms with Gasteiger partial charge in [0, 0.05) is 12.6 Å². The van der Waals surface area contributed by atoms with Crippen LogP contribution in [0.1, 0.15) is 22.5 Å². The highest BCUT2D eigenvalue weighted by molar-refractivity contribution is 7.12. The SMILES string of the molecule is O=C(NC1CCN2C(=O)N(c3ccc(OC(F)(F)F)cc3)C(=O)C2C1)c1cccs1. The van der Waals surface area contributed by atoms with Crippen molar-refractivity contribution in [2.75, 3.05) is 11.4 Å². The molecule has 1 N–H and O–H groups in total. The van der Waals surface area contributed by atoms with Gasteiger partial charge in [-0.15, -0.1) is 24.5 Å². The zero-order chi connectivity index (χ0) is 21.5. The molecule has 2 fully saturated rings. The first-order valence-corrected chi connectivity index (χ1v) is 9.95. The van der Waals surface area contributed by atoms with Gasteiger partial charge in [0.25, 0.3) is 11.8 Å². The van der Waals surface area contributed by atoms with Gasteiger partial charge in [0.1, 0.15) is 11.8 Å². The van der Waals surface area contributed by atoms with Gasteiger partial charge in [-0.1, -0.05) is 6.07 Å². The lowest BCUT2D eigenvalue weighted by molar-refractivity contribution is -0.274. The number of amides is 4. The smallest absolute Gasteiger partial charge is 0.406 e. The number of halogens is 3. The average molecular weight is 439 g/mol. The summed E-state index contributed by atoms with van der Waals surface area (Å²) in [5.74, 6) is -1.14. The number of rotatable bonds is 4. The van der Waals surface area contributed by atoms with Crippen molar-refractivity contribution < 1.29 is 32.3 Å². The van der Waals surface area contributed by atoms with Crippen molar-refractivity contribution in [1.82, 2.24) is 10.2 Å². The van der Waals surface area contributed by atoms with E-state index in [1.54, 1.807) is 17.5 Å². The number of alkyl halides is 3. The van der Waals surface area contributed by atoms with Gasteiger partial charge in [-0.05, 0) is 48.6 Å². The summed E-state index contributed by atoms with van der Waals surface area (Å²) in [4.78, 5) is 40.8. The number of nitrogens with zero attached hydrogens (tertiary/aromatic N) is 2. The van der Waals surface area contributed by atoms with E-state index in [4.69, 9.17) is 0 Å². The first-order valence-electron chi connectivity index (χ1n) is 9.08. The summed E-state index contributed by atoms with van der Waals surface area (Å²) < 4.78 is 40.7. The number of fused-ring (bicyclic) bond motifs is 1. The molecule has 1 aromatic heterocycles. The number of carbonyl (C=O) groups is 3. The number of piperidine rings is 1. The van der Waals surface area contributed by atoms with E-state index in [2.05, 4.69) is 10.1 Å². The lowest BCUT2D eigenvalue weighted by atomic mass is 9.98. The number of imide groups is 1. The molecule has 3 heterocycles. The molecule has 2 unspecified atom stereocenters. The fourth-order valence-electron chi connectivity index (χ4n) is 3.63. The number of carbonyl (C=O) groups excluding carboxylic acids is 3. The molecule has 1 aromatic carbocycles. The lowest BCUT2D eigenvalue weighted by Gasteiger charge is -2.32. The molecule has 4 rings (SSSR count). The Morgan fingerprint density at radius 1 is 1.17 bits per heavy atom. The van der Waals surface area contributed by atoms with Crippen molar-refractivity contribution in [3.05, 3.63) is 46.7 Å². The Labute approximate surface area is 173 Å². The Hall–Kier alpha value is -3.08. The van der Waals surface area contributed by atoms with E-state index >= 15 is 0 Å². The maximum absolute atomic E-state index is 12.9. The summed E-state index contributed by atoms with van der Waals surface area (Å²) in [6.07, 6.45) is -4.06. The maximum Gasteiger partial charge on any atom is 0.573 e. The van der Waals surface area contributed by atoms with Crippen LogP contribution in [0.15, 0.2) is 41.8 Å². The molecule has 2 atom stereocenters. The van der Waals surface area contributed by atoms with Crippen molar-refractivity contribution in [3.8, 4) is 5.75 Å². The molecule has 158 valence electrons. The summed E-state index contributed by atoms with van der Waals surface area (Å²) in [5, 5.41) is 4.68. The highest BCUT2D eigenvalue weighted by atomic mass is 32.1. The van der Waals surface area contributed by atoms with E-state index in [0.717, 1.165) is 17.0 Å².